The van der Waals surface area contributed by atoms with Crippen molar-refractivity contribution in [3.63, 3.8) is 0 Å². The highest BCUT2D eigenvalue weighted by atomic mass is 32.2. The molecule has 2 aromatic rings. The van der Waals surface area contributed by atoms with Gasteiger partial charge >= 0.3 is 0 Å². The number of sulfonamides is 1. The van der Waals surface area contributed by atoms with Crippen molar-refractivity contribution in [1.29, 1.82) is 0 Å². The monoisotopic (exact) mass is 461 g/mol. The van der Waals surface area contributed by atoms with Crippen molar-refractivity contribution in [1.82, 2.24) is 14.5 Å². The van der Waals surface area contributed by atoms with Crippen LogP contribution in [0.25, 0.3) is 0 Å². The summed E-state index contributed by atoms with van der Waals surface area (Å²) in [6.45, 7) is 5.47. The van der Waals surface area contributed by atoms with E-state index in [1.54, 1.807) is 57.4 Å². The lowest BCUT2D eigenvalue weighted by Gasteiger charge is -2.30. The largest absolute Gasteiger partial charge is 0.497 e. The van der Waals surface area contributed by atoms with Crippen LogP contribution in [0.4, 0.5) is 0 Å². The Bertz CT molecular complexity index is 1020. The number of amides is 2. The number of nitrogens with zero attached hydrogens (tertiary/aromatic N) is 2. The number of likely N-dealkylation sites (N-methyl/N-ethyl adjacent to an activating group) is 2. The van der Waals surface area contributed by atoms with E-state index in [0.29, 0.717) is 12.3 Å². The van der Waals surface area contributed by atoms with Crippen LogP contribution >= 0.6 is 0 Å². The molecule has 0 aromatic heterocycles. The summed E-state index contributed by atoms with van der Waals surface area (Å²) in [7, 11) is -0.935. The third-order valence-electron chi connectivity index (χ3n) is 5.12. The van der Waals surface area contributed by atoms with Crippen molar-refractivity contribution in [2.24, 2.45) is 0 Å². The Balaban J connectivity index is 2.25. The van der Waals surface area contributed by atoms with Gasteiger partial charge in [-0.05, 0) is 50.6 Å². The van der Waals surface area contributed by atoms with E-state index in [9.17, 15) is 18.0 Å². The van der Waals surface area contributed by atoms with Crippen LogP contribution in [0.2, 0.25) is 0 Å². The molecule has 0 heterocycles. The van der Waals surface area contributed by atoms with Crippen molar-refractivity contribution in [2.75, 3.05) is 27.2 Å². The fraction of sp³-hybridized carbons (Fsp3) is 0.391. The van der Waals surface area contributed by atoms with Crippen LogP contribution in [0.5, 0.6) is 5.75 Å². The second-order valence-electron chi connectivity index (χ2n) is 7.51. The first kappa shape index (κ1) is 25.4. The Hall–Kier alpha value is -2.91. The summed E-state index contributed by atoms with van der Waals surface area (Å²) in [5.74, 6) is -0.108. The Morgan fingerprint density at radius 1 is 1.06 bits per heavy atom. The summed E-state index contributed by atoms with van der Waals surface area (Å²) in [5, 5.41) is 2.71. The van der Waals surface area contributed by atoms with Crippen LogP contribution in [0.3, 0.4) is 0 Å². The summed E-state index contributed by atoms with van der Waals surface area (Å²) in [6, 6.07) is 12.8. The number of carbonyl (C=O) groups is 2. The molecule has 9 heteroatoms. The summed E-state index contributed by atoms with van der Waals surface area (Å²) < 4.78 is 32.0. The number of ether oxygens (including phenoxy) is 1. The highest BCUT2D eigenvalue weighted by Gasteiger charge is 2.30. The molecule has 0 spiro atoms. The highest BCUT2D eigenvalue weighted by Crippen LogP contribution is 2.18. The molecule has 0 radical (unpaired) electrons. The van der Waals surface area contributed by atoms with Crippen molar-refractivity contribution < 1.29 is 22.7 Å². The Kier molecular flexibility index (Phi) is 8.80. The van der Waals surface area contributed by atoms with Gasteiger partial charge in [-0.1, -0.05) is 29.8 Å². The lowest BCUT2D eigenvalue weighted by Crippen LogP contribution is -2.50. The van der Waals surface area contributed by atoms with Gasteiger partial charge < -0.3 is 15.0 Å². The van der Waals surface area contributed by atoms with Crippen molar-refractivity contribution in [3.8, 4) is 5.75 Å². The molecule has 0 aliphatic heterocycles. The highest BCUT2D eigenvalue weighted by molar-refractivity contribution is 7.89. The molecule has 0 fully saturated rings. The Morgan fingerprint density at radius 2 is 1.66 bits per heavy atom. The van der Waals surface area contributed by atoms with Crippen LogP contribution in [0.15, 0.2) is 53.4 Å². The van der Waals surface area contributed by atoms with Gasteiger partial charge in [-0.3, -0.25) is 9.59 Å². The van der Waals surface area contributed by atoms with Gasteiger partial charge in [0.2, 0.25) is 21.8 Å². The number of rotatable bonds is 10. The minimum Gasteiger partial charge on any atom is -0.497 e. The van der Waals surface area contributed by atoms with Crippen LogP contribution < -0.4 is 10.1 Å². The molecule has 2 aromatic carbocycles. The van der Waals surface area contributed by atoms with E-state index in [1.807, 2.05) is 6.92 Å². The maximum Gasteiger partial charge on any atom is 0.243 e. The molecule has 0 saturated heterocycles. The average molecular weight is 462 g/mol. The third-order valence-corrected chi connectivity index (χ3v) is 6.93. The van der Waals surface area contributed by atoms with Gasteiger partial charge in [0.1, 0.15) is 11.8 Å². The molecule has 0 aliphatic carbocycles. The maximum atomic E-state index is 13.2. The molecule has 1 N–H and O–H groups in total. The predicted octanol–water partition coefficient (Wildman–Crippen LogP) is 2.18. The topological polar surface area (TPSA) is 96.0 Å². The van der Waals surface area contributed by atoms with E-state index in [2.05, 4.69) is 5.32 Å². The van der Waals surface area contributed by atoms with E-state index >= 15 is 0 Å². The summed E-state index contributed by atoms with van der Waals surface area (Å²) in [4.78, 5) is 27.1. The summed E-state index contributed by atoms with van der Waals surface area (Å²) in [5.41, 5.74) is 1.73. The number of hydrogen-bond donors (Lipinski definition) is 1. The molecule has 2 amide bonds. The molecule has 2 rings (SSSR count). The van der Waals surface area contributed by atoms with E-state index in [1.165, 1.54) is 24.1 Å². The van der Waals surface area contributed by atoms with E-state index in [4.69, 9.17) is 4.74 Å². The number of benzene rings is 2. The smallest absolute Gasteiger partial charge is 0.243 e. The van der Waals surface area contributed by atoms with Crippen LogP contribution in [-0.4, -0.2) is 62.7 Å². The Morgan fingerprint density at radius 3 is 2.19 bits per heavy atom. The fourth-order valence-corrected chi connectivity index (χ4v) is 4.21. The van der Waals surface area contributed by atoms with Crippen molar-refractivity contribution in [3.05, 3.63) is 59.7 Å². The maximum absolute atomic E-state index is 13.2. The Labute approximate surface area is 190 Å². The number of methoxy groups -OCH3 is 1. The van der Waals surface area contributed by atoms with Gasteiger partial charge in [-0.15, -0.1) is 0 Å². The van der Waals surface area contributed by atoms with E-state index in [-0.39, 0.29) is 17.3 Å². The molecular weight excluding hydrogens is 430 g/mol. The zero-order chi connectivity index (χ0) is 23.9. The predicted molar refractivity (Wildman–Crippen MR) is 123 cm³/mol. The first-order valence-corrected chi connectivity index (χ1v) is 11.8. The van der Waals surface area contributed by atoms with Crippen molar-refractivity contribution in [2.45, 2.75) is 38.3 Å². The molecule has 0 unspecified atom stereocenters. The fourth-order valence-electron chi connectivity index (χ4n) is 3.09. The summed E-state index contributed by atoms with van der Waals surface area (Å²) >= 11 is 0. The van der Waals surface area contributed by atoms with Crippen LogP contribution in [-0.2, 0) is 26.2 Å². The number of nitrogens with one attached hydrogen (secondary N) is 1. The van der Waals surface area contributed by atoms with Gasteiger partial charge in [-0.2, -0.15) is 4.31 Å². The van der Waals surface area contributed by atoms with Gasteiger partial charge in [0.05, 0.1) is 18.6 Å². The SMILES string of the molecule is CCNC(=O)[C@H](C)N(Cc1ccc(OC)cc1)C(=O)CN(C)S(=O)(=O)c1ccc(C)cc1. The molecule has 174 valence electrons. The first-order valence-electron chi connectivity index (χ1n) is 10.3. The first-order chi connectivity index (χ1) is 15.1. The molecule has 32 heavy (non-hydrogen) atoms. The van der Waals surface area contributed by atoms with E-state index in [0.717, 1.165) is 15.4 Å². The number of hydrogen-bond acceptors (Lipinski definition) is 5. The lowest BCUT2D eigenvalue weighted by atomic mass is 10.1. The van der Waals surface area contributed by atoms with Crippen LogP contribution in [0.1, 0.15) is 25.0 Å². The second kappa shape index (κ2) is 11.1. The molecular formula is C23H31N3O5S. The standard InChI is InChI=1S/C23H31N3O5S/c1-6-24-23(28)18(3)26(15-19-9-11-20(31-5)12-10-19)22(27)16-25(4)32(29,30)21-13-7-17(2)8-14-21/h7-14,18H,6,15-16H2,1-5H3,(H,24,28)/t18-/m0/s1. The summed E-state index contributed by atoms with van der Waals surface area (Å²) in [6.07, 6.45) is 0. The van der Waals surface area contributed by atoms with Gasteiger partial charge in [0.25, 0.3) is 0 Å². The van der Waals surface area contributed by atoms with Gasteiger partial charge in [0, 0.05) is 20.1 Å². The zero-order valence-corrected chi connectivity index (χ0v) is 20.0. The molecule has 1 atom stereocenters. The van der Waals surface area contributed by atoms with Crippen LogP contribution in [0, 0.1) is 6.92 Å². The normalized spacial score (nSPS) is 12.3. The minimum absolute atomic E-state index is 0.108. The zero-order valence-electron chi connectivity index (χ0n) is 19.2. The number of carbonyl (C=O) groups excluding carboxylic acids is 2. The van der Waals surface area contributed by atoms with Gasteiger partial charge in [-0.25, -0.2) is 8.42 Å². The second-order valence-corrected chi connectivity index (χ2v) is 9.56. The molecule has 0 bridgehead atoms. The lowest BCUT2D eigenvalue weighted by molar-refractivity contribution is -0.140. The molecule has 0 saturated carbocycles. The van der Waals surface area contributed by atoms with E-state index < -0.39 is 28.5 Å². The number of aryl methyl sites for hydroxylation is 1. The molecule has 8 nitrogen and oxygen atoms in total. The molecule has 0 aliphatic rings. The quantitative estimate of drug-likeness (QED) is 0.585. The minimum atomic E-state index is -3.85. The van der Waals surface area contributed by atoms with Gasteiger partial charge in [0.15, 0.2) is 0 Å². The third kappa shape index (κ3) is 6.30. The van der Waals surface area contributed by atoms with Crippen molar-refractivity contribution >= 4 is 21.8 Å². The average Bonchev–Trinajstić information content (AvgIpc) is 2.77.